The maximum atomic E-state index is 12.3. The van der Waals surface area contributed by atoms with Crippen LogP contribution in [0.4, 0.5) is 4.79 Å². The fourth-order valence-corrected chi connectivity index (χ4v) is 2.22. The van der Waals surface area contributed by atoms with Crippen molar-refractivity contribution < 1.29 is 19.1 Å². The van der Waals surface area contributed by atoms with E-state index in [2.05, 4.69) is 15.9 Å². The Morgan fingerprint density at radius 2 is 1.81 bits per heavy atom. The molecule has 1 atom stereocenters. The number of hydrogen-bond acceptors (Lipinski definition) is 4. The Hall–Kier alpha value is -0.780. The van der Waals surface area contributed by atoms with Gasteiger partial charge in [-0.05, 0) is 47.0 Å². The molecule has 0 aromatic rings. The van der Waals surface area contributed by atoms with Crippen LogP contribution in [0, 0.1) is 0 Å². The number of unbranched alkanes of at least 4 members (excludes halogenated alkanes) is 1. The molecule has 0 heterocycles. The normalized spacial score (nSPS) is 12.7. The molecular weight excluding hydrogens is 338 g/mol. The Balaban J connectivity index is 4.99. The van der Waals surface area contributed by atoms with Gasteiger partial charge in [-0.15, -0.1) is 0 Å². The summed E-state index contributed by atoms with van der Waals surface area (Å²) in [6, 6.07) is -0.588. The van der Waals surface area contributed by atoms with Gasteiger partial charge in [0.05, 0.1) is 6.61 Å². The molecule has 0 unspecified atom stereocenters. The van der Waals surface area contributed by atoms with E-state index in [9.17, 15) is 9.59 Å². The number of carbonyl (C=O) groups is 2. The van der Waals surface area contributed by atoms with E-state index < -0.39 is 17.7 Å². The number of nitrogens with zero attached hydrogens (tertiary/aromatic N) is 1. The quantitative estimate of drug-likeness (QED) is 0.373. The average molecular weight is 366 g/mol. The summed E-state index contributed by atoms with van der Waals surface area (Å²) in [4.78, 5) is 25.9. The molecular formula is C15H28BrNO4. The second-order valence-corrected chi connectivity index (χ2v) is 6.54. The third kappa shape index (κ3) is 8.29. The van der Waals surface area contributed by atoms with Gasteiger partial charge in [0.2, 0.25) is 0 Å². The van der Waals surface area contributed by atoms with E-state index in [0.717, 1.165) is 18.2 Å². The predicted molar refractivity (Wildman–Crippen MR) is 86.7 cm³/mol. The van der Waals surface area contributed by atoms with E-state index in [1.54, 1.807) is 6.92 Å². The number of alkyl halides is 1. The molecule has 6 heteroatoms. The fourth-order valence-electron chi connectivity index (χ4n) is 1.82. The summed E-state index contributed by atoms with van der Waals surface area (Å²) in [6.45, 7) is 9.85. The van der Waals surface area contributed by atoms with Crippen molar-refractivity contribution in [3.05, 3.63) is 0 Å². The highest BCUT2D eigenvalue weighted by Crippen LogP contribution is 2.16. The minimum atomic E-state index is -0.588. The molecule has 1 amide bonds. The van der Waals surface area contributed by atoms with Crippen LogP contribution in [0.2, 0.25) is 0 Å². The van der Waals surface area contributed by atoms with Crippen molar-refractivity contribution in [2.75, 3.05) is 18.5 Å². The van der Waals surface area contributed by atoms with Crippen molar-refractivity contribution in [3.8, 4) is 0 Å². The van der Waals surface area contributed by atoms with Crippen molar-refractivity contribution in [3.63, 3.8) is 0 Å². The van der Waals surface area contributed by atoms with Gasteiger partial charge in [-0.25, -0.2) is 9.59 Å². The molecule has 0 fully saturated rings. The van der Waals surface area contributed by atoms with Gasteiger partial charge in [-0.1, -0.05) is 22.9 Å². The van der Waals surface area contributed by atoms with Crippen molar-refractivity contribution in [2.45, 2.75) is 65.5 Å². The molecule has 0 aliphatic rings. The molecule has 5 nitrogen and oxygen atoms in total. The first-order chi connectivity index (χ1) is 9.76. The Kier molecular flexibility index (Phi) is 9.66. The standard InChI is InChI=1S/C15H28BrNO4/c1-6-12(13(18)20-7-2)17(11-9-8-10-16)14(19)21-15(3,4)5/h12H,6-11H2,1-5H3/t12-/m0/s1. The highest BCUT2D eigenvalue weighted by molar-refractivity contribution is 9.09. The molecule has 0 saturated carbocycles. The second kappa shape index (κ2) is 10.0. The van der Waals surface area contributed by atoms with Gasteiger partial charge in [0, 0.05) is 11.9 Å². The van der Waals surface area contributed by atoms with Crippen molar-refractivity contribution in [2.24, 2.45) is 0 Å². The van der Waals surface area contributed by atoms with E-state index in [1.807, 2.05) is 27.7 Å². The number of ether oxygens (including phenoxy) is 2. The van der Waals surface area contributed by atoms with Crippen molar-refractivity contribution in [1.82, 2.24) is 4.90 Å². The molecule has 0 aliphatic heterocycles. The van der Waals surface area contributed by atoms with Gasteiger partial charge in [0.25, 0.3) is 0 Å². The number of amides is 1. The molecule has 0 bridgehead atoms. The van der Waals surface area contributed by atoms with Crippen molar-refractivity contribution >= 4 is 28.0 Å². The number of esters is 1. The SMILES string of the molecule is CCOC(=O)[C@H](CC)N(CCCCBr)C(=O)OC(C)(C)C. The first-order valence-corrected chi connectivity index (χ1v) is 8.61. The summed E-state index contributed by atoms with van der Waals surface area (Å²) in [6.07, 6.45) is 1.78. The number of carbonyl (C=O) groups excluding carboxylic acids is 2. The Morgan fingerprint density at radius 1 is 1.19 bits per heavy atom. The Labute approximate surface area is 136 Å². The van der Waals surface area contributed by atoms with E-state index in [-0.39, 0.29) is 5.97 Å². The van der Waals surface area contributed by atoms with Crippen LogP contribution in [0.25, 0.3) is 0 Å². The summed E-state index contributed by atoms with van der Waals surface area (Å²) in [5, 5.41) is 0.866. The number of rotatable bonds is 8. The lowest BCUT2D eigenvalue weighted by atomic mass is 10.1. The van der Waals surface area contributed by atoms with E-state index in [1.165, 1.54) is 4.90 Å². The lowest BCUT2D eigenvalue weighted by Crippen LogP contribution is -2.48. The van der Waals surface area contributed by atoms with Crippen LogP contribution in [-0.4, -0.2) is 47.1 Å². The van der Waals surface area contributed by atoms with Crippen molar-refractivity contribution in [1.29, 1.82) is 0 Å². The smallest absolute Gasteiger partial charge is 0.411 e. The maximum Gasteiger partial charge on any atom is 0.411 e. The Morgan fingerprint density at radius 3 is 2.24 bits per heavy atom. The van der Waals surface area contributed by atoms with Crippen LogP contribution in [0.15, 0.2) is 0 Å². The highest BCUT2D eigenvalue weighted by Gasteiger charge is 2.32. The van der Waals surface area contributed by atoms with Crippen LogP contribution in [-0.2, 0) is 14.3 Å². The summed E-state index contributed by atoms with van der Waals surface area (Å²) < 4.78 is 10.5. The van der Waals surface area contributed by atoms with E-state index >= 15 is 0 Å². The van der Waals surface area contributed by atoms with Crippen LogP contribution in [0.3, 0.4) is 0 Å². The molecule has 0 N–H and O–H groups in total. The van der Waals surface area contributed by atoms with Gasteiger partial charge >= 0.3 is 12.1 Å². The zero-order valence-electron chi connectivity index (χ0n) is 13.8. The van der Waals surface area contributed by atoms with Crippen LogP contribution in [0.1, 0.15) is 53.9 Å². The van der Waals surface area contributed by atoms with Gasteiger partial charge in [0.1, 0.15) is 11.6 Å². The third-order valence-corrected chi connectivity index (χ3v) is 3.29. The molecule has 0 radical (unpaired) electrons. The predicted octanol–water partition coefficient (Wildman–Crippen LogP) is 3.74. The molecule has 0 rings (SSSR count). The minimum absolute atomic E-state index is 0.304. The van der Waals surface area contributed by atoms with Crippen LogP contribution in [0.5, 0.6) is 0 Å². The van der Waals surface area contributed by atoms with Gasteiger partial charge in [0.15, 0.2) is 0 Å². The highest BCUT2D eigenvalue weighted by atomic mass is 79.9. The second-order valence-electron chi connectivity index (χ2n) is 5.75. The molecule has 0 spiro atoms. The number of halogens is 1. The fraction of sp³-hybridized carbons (Fsp3) is 0.867. The van der Waals surface area contributed by atoms with Gasteiger partial charge in [-0.3, -0.25) is 4.90 Å². The summed E-state index contributed by atoms with van der Waals surface area (Å²) in [7, 11) is 0. The Bertz CT molecular complexity index is 328. The summed E-state index contributed by atoms with van der Waals surface area (Å²) >= 11 is 3.37. The first-order valence-electron chi connectivity index (χ1n) is 7.49. The van der Waals surface area contributed by atoms with Crippen LogP contribution < -0.4 is 0 Å². The zero-order chi connectivity index (χ0) is 16.5. The molecule has 21 heavy (non-hydrogen) atoms. The molecule has 0 aromatic heterocycles. The topological polar surface area (TPSA) is 55.8 Å². The van der Waals surface area contributed by atoms with Crippen LogP contribution >= 0.6 is 15.9 Å². The summed E-state index contributed by atoms with van der Waals surface area (Å²) in [5.41, 5.74) is -0.586. The largest absolute Gasteiger partial charge is 0.464 e. The zero-order valence-corrected chi connectivity index (χ0v) is 15.4. The van der Waals surface area contributed by atoms with Gasteiger partial charge < -0.3 is 9.47 Å². The monoisotopic (exact) mass is 365 g/mol. The van der Waals surface area contributed by atoms with E-state index in [4.69, 9.17) is 9.47 Å². The van der Waals surface area contributed by atoms with Gasteiger partial charge in [-0.2, -0.15) is 0 Å². The lowest BCUT2D eigenvalue weighted by molar-refractivity contribution is -0.149. The number of hydrogen-bond donors (Lipinski definition) is 0. The maximum absolute atomic E-state index is 12.3. The first kappa shape index (κ1) is 20.2. The molecule has 0 saturated heterocycles. The summed E-state index contributed by atoms with van der Waals surface area (Å²) in [5.74, 6) is -0.371. The minimum Gasteiger partial charge on any atom is -0.464 e. The van der Waals surface area contributed by atoms with E-state index in [0.29, 0.717) is 19.6 Å². The molecule has 0 aliphatic carbocycles. The lowest BCUT2D eigenvalue weighted by Gasteiger charge is -2.31. The molecule has 0 aromatic carbocycles. The average Bonchev–Trinajstić information content (AvgIpc) is 2.36. The third-order valence-electron chi connectivity index (χ3n) is 2.73. The molecule has 124 valence electrons.